The van der Waals surface area contributed by atoms with Crippen LogP contribution in [-0.2, 0) is 16.8 Å². The number of benzene rings is 2. The van der Waals surface area contributed by atoms with Crippen LogP contribution >= 0.6 is 50.7 Å². The van der Waals surface area contributed by atoms with E-state index < -0.39 is 16.8 Å². The van der Waals surface area contributed by atoms with E-state index in [1.165, 1.54) is 0 Å². The highest BCUT2D eigenvalue weighted by Crippen LogP contribution is 2.58. The summed E-state index contributed by atoms with van der Waals surface area (Å²) in [7, 11) is 0. The molecule has 0 radical (unpaired) electrons. The Kier molecular flexibility index (Phi) is 7.31. The van der Waals surface area contributed by atoms with Gasteiger partial charge in [-0.25, -0.2) is 0 Å². The van der Waals surface area contributed by atoms with Gasteiger partial charge in [0, 0.05) is 28.9 Å². The number of carbonyl (C=O) groups is 2. The van der Waals surface area contributed by atoms with Gasteiger partial charge in [0.15, 0.2) is 0 Å². The Hall–Kier alpha value is -1.27. The number of carboxylic acids is 1. The van der Waals surface area contributed by atoms with Gasteiger partial charge in [0.2, 0.25) is 0 Å². The summed E-state index contributed by atoms with van der Waals surface area (Å²) in [6, 6.07) is 7.77. The average Bonchev–Trinajstić information content (AvgIpc) is 2.87. The molecule has 1 N–H and O–H groups in total. The van der Waals surface area contributed by atoms with Crippen LogP contribution in [0, 0.1) is 11.3 Å². The van der Waals surface area contributed by atoms with Gasteiger partial charge in [-0.05, 0) is 54.5 Å². The van der Waals surface area contributed by atoms with Gasteiger partial charge in [-0.2, -0.15) is 0 Å². The fourth-order valence-electron chi connectivity index (χ4n) is 6.16. The molecule has 1 fully saturated rings. The molecule has 188 valence electrons. The molecule has 2 aromatic carbocycles. The molecule has 1 saturated carbocycles. The van der Waals surface area contributed by atoms with Crippen LogP contribution in [0.2, 0.25) is 15.1 Å². The fraction of sp³-hybridized carbons (Fsp3) is 0.481. The van der Waals surface area contributed by atoms with Crippen LogP contribution in [0.3, 0.4) is 0 Å². The van der Waals surface area contributed by atoms with Gasteiger partial charge < -0.3 is 10.0 Å². The highest BCUT2D eigenvalue weighted by atomic mass is 79.9. The van der Waals surface area contributed by atoms with E-state index in [0.29, 0.717) is 57.6 Å². The van der Waals surface area contributed by atoms with Gasteiger partial charge in [0.1, 0.15) is 0 Å². The molecule has 0 aromatic heterocycles. The second-order valence-corrected chi connectivity index (χ2v) is 12.7. The summed E-state index contributed by atoms with van der Waals surface area (Å²) in [6.07, 6.45) is 1.93. The van der Waals surface area contributed by atoms with Gasteiger partial charge in [-0.3, -0.25) is 9.59 Å². The second kappa shape index (κ2) is 9.55. The molecule has 35 heavy (non-hydrogen) atoms. The summed E-state index contributed by atoms with van der Waals surface area (Å²) >= 11 is 24.2. The molecule has 2 aromatic rings. The normalized spacial score (nSPS) is 26.4. The van der Waals surface area contributed by atoms with E-state index in [0.717, 1.165) is 10.0 Å². The predicted octanol–water partition coefficient (Wildman–Crippen LogP) is 8.34. The van der Waals surface area contributed by atoms with Crippen molar-refractivity contribution in [3.8, 4) is 0 Å². The van der Waals surface area contributed by atoms with Crippen molar-refractivity contribution >= 4 is 62.6 Å². The molecule has 4 rings (SSSR count). The first-order valence-corrected chi connectivity index (χ1v) is 13.7. The van der Waals surface area contributed by atoms with Crippen molar-refractivity contribution in [2.24, 2.45) is 11.3 Å². The van der Waals surface area contributed by atoms with Crippen LogP contribution in [0.1, 0.15) is 79.9 Å². The maximum Gasteiger partial charge on any atom is 0.309 e. The zero-order valence-corrected chi connectivity index (χ0v) is 24.1. The lowest BCUT2D eigenvalue weighted by Gasteiger charge is -2.50. The molecule has 0 spiro atoms. The van der Waals surface area contributed by atoms with Crippen LogP contribution in [0.15, 0.2) is 28.7 Å². The molecule has 1 amide bonds. The number of rotatable bonds is 4. The molecular formula is C27H29BrCl3NO3. The van der Waals surface area contributed by atoms with Crippen molar-refractivity contribution in [3.63, 3.8) is 0 Å². The molecule has 1 aliphatic heterocycles. The first kappa shape index (κ1) is 26.8. The quantitative estimate of drug-likeness (QED) is 0.359. The highest BCUT2D eigenvalue weighted by Gasteiger charge is 2.58. The molecule has 3 atom stereocenters. The summed E-state index contributed by atoms with van der Waals surface area (Å²) in [4.78, 5) is 28.6. The van der Waals surface area contributed by atoms with Gasteiger partial charge in [0.05, 0.1) is 26.0 Å². The van der Waals surface area contributed by atoms with Crippen LogP contribution < -0.4 is 0 Å². The molecule has 1 heterocycles. The SMILES string of the molecule is CC(C)c1c(Cl)c(Cl)c2c(c1Cl)C(=O)N(Cc1ccc(Br)cc1)C[C@H]1[C@](C)(C(=O)O)CCC[C@]21C. The second-order valence-electron chi connectivity index (χ2n) is 10.6. The van der Waals surface area contributed by atoms with E-state index in [1.54, 1.807) is 11.8 Å². The lowest BCUT2D eigenvalue weighted by Crippen LogP contribution is -2.53. The average molecular weight is 602 g/mol. The maximum absolute atomic E-state index is 14.2. The third-order valence-electron chi connectivity index (χ3n) is 8.11. The Bertz CT molecular complexity index is 1200. The Labute approximate surface area is 230 Å². The molecule has 0 bridgehead atoms. The summed E-state index contributed by atoms with van der Waals surface area (Å²) in [5, 5.41) is 11.3. The molecule has 8 heteroatoms. The standard InChI is InChI=1S/C27H29BrCl3NO3/c1-14(2)18-21(29)19-20(23(31)22(18)30)26(3)10-5-11-27(4,25(34)35)17(26)13-32(24(19)33)12-15-6-8-16(28)9-7-15/h6-9,14,17H,5,10-13H2,1-4H3,(H,34,35)/t17-,26+,27-/m1/s1. The minimum atomic E-state index is -1.04. The van der Waals surface area contributed by atoms with Crippen molar-refractivity contribution in [1.29, 1.82) is 0 Å². The number of nitrogens with zero attached hydrogens (tertiary/aromatic N) is 1. The van der Waals surface area contributed by atoms with Crippen LogP contribution in [-0.4, -0.2) is 28.4 Å². The van der Waals surface area contributed by atoms with E-state index in [2.05, 4.69) is 15.9 Å². The van der Waals surface area contributed by atoms with E-state index in [-0.39, 0.29) is 24.3 Å². The topological polar surface area (TPSA) is 57.6 Å². The third kappa shape index (κ3) is 4.31. The van der Waals surface area contributed by atoms with E-state index in [9.17, 15) is 14.7 Å². The summed E-state index contributed by atoms with van der Waals surface area (Å²) < 4.78 is 0.943. The monoisotopic (exact) mass is 599 g/mol. The zero-order chi connectivity index (χ0) is 25.9. The van der Waals surface area contributed by atoms with Gasteiger partial charge in [-0.1, -0.05) is 90.1 Å². The number of amides is 1. The maximum atomic E-state index is 14.2. The molecular weight excluding hydrogens is 573 g/mol. The van der Waals surface area contributed by atoms with Crippen molar-refractivity contribution in [3.05, 3.63) is 66.1 Å². The Morgan fingerprint density at radius 1 is 1.11 bits per heavy atom. The number of aliphatic carboxylic acids is 1. The van der Waals surface area contributed by atoms with E-state index in [1.807, 2.05) is 45.0 Å². The number of hydrogen-bond acceptors (Lipinski definition) is 2. The zero-order valence-electron chi connectivity index (χ0n) is 20.2. The minimum absolute atomic E-state index is 0.0481. The molecule has 4 nitrogen and oxygen atoms in total. The van der Waals surface area contributed by atoms with Crippen molar-refractivity contribution in [2.75, 3.05) is 6.54 Å². The number of carbonyl (C=O) groups excluding carboxylic acids is 1. The van der Waals surface area contributed by atoms with E-state index >= 15 is 0 Å². The van der Waals surface area contributed by atoms with Crippen LogP contribution in [0.4, 0.5) is 0 Å². The number of fused-ring (bicyclic) bond motifs is 3. The fourth-order valence-corrected chi connectivity index (χ4v) is 7.78. The number of carboxylic acid groups (broad SMARTS) is 1. The van der Waals surface area contributed by atoms with Gasteiger partial charge >= 0.3 is 5.97 Å². The van der Waals surface area contributed by atoms with Crippen molar-refractivity contribution in [2.45, 2.75) is 64.8 Å². The Morgan fingerprint density at radius 3 is 2.31 bits per heavy atom. The Morgan fingerprint density at radius 2 is 1.74 bits per heavy atom. The van der Waals surface area contributed by atoms with Crippen molar-refractivity contribution in [1.82, 2.24) is 4.90 Å². The van der Waals surface area contributed by atoms with Crippen LogP contribution in [0.25, 0.3) is 0 Å². The first-order valence-electron chi connectivity index (χ1n) is 11.8. The van der Waals surface area contributed by atoms with Crippen LogP contribution in [0.5, 0.6) is 0 Å². The molecule has 0 unspecified atom stereocenters. The Balaban J connectivity index is 2.01. The minimum Gasteiger partial charge on any atom is -0.481 e. The van der Waals surface area contributed by atoms with Gasteiger partial charge in [-0.15, -0.1) is 0 Å². The molecule has 2 aliphatic rings. The van der Waals surface area contributed by atoms with Gasteiger partial charge in [0.25, 0.3) is 5.91 Å². The lowest BCUT2D eigenvalue weighted by atomic mass is 9.53. The largest absolute Gasteiger partial charge is 0.481 e. The number of hydrogen-bond donors (Lipinski definition) is 1. The lowest BCUT2D eigenvalue weighted by molar-refractivity contribution is -0.157. The summed E-state index contributed by atoms with van der Waals surface area (Å²) in [5.74, 6) is -1.53. The van der Waals surface area contributed by atoms with E-state index in [4.69, 9.17) is 34.8 Å². The molecule has 0 saturated heterocycles. The highest BCUT2D eigenvalue weighted by molar-refractivity contribution is 9.10. The summed E-state index contributed by atoms with van der Waals surface area (Å²) in [5.41, 5.74) is 0.824. The van der Waals surface area contributed by atoms with Crippen molar-refractivity contribution < 1.29 is 14.7 Å². The summed E-state index contributed by atoms with van der Waals surface area (Å²) in [6.45, 7) is 8.36. The molecule has 1 aliphatic carbocycles. The first-order chi connectivity index (χ1) is 16.3. The smallest absolute Gasteiger partial charge is 0.309 e. The number of halogens is 4. The predicted molar refractivity (Wildman–Crippen MR) is 145 cm³/mol. The third-order valence-corrected chi connectivity index (χ3v) is 9.90.